The molecule has 2 atom stereocenters. The zero-order valence-corrected chi connectivity index (χ0v) is 25.2. The molecule has 214 valence electrons. The van der Waals surface area contributed by atoms with Gasteiger partial charge in [0.05, 0.1) is 37.8 Å². The number of benzene rings is 3. The highest BCUT2D eigenvalue weighted by molar-refractivity contribution is 7.85. The predicted molar refractivity (Wildman–Crippen MR) is 162 cm³/mol. The Morgan fingerprint density at radius 3 is 2.32 bits per heavy atom. The van der Waals surface area contributed by atoms with Gasteiger partial charge in [0.2, 0.25) is 9.60 Å². The monoisotopic (exact) mass is 610 g/mol. The van der Waals surface area contributed by atoms with Gasteiger partial charge in [-0.2, -0.15) is 8.42 Å². The third kappa shape index (κ3) is 6.20. The minimum Gasteiger partial charge on any atom is -0.481 e. The van der Waals surface area contributed by atoms with Gasteiger partial charge in [0.1, 0.15) is 0 Å². The van der Waals surface area contributed by atoms with E-state index >= 15 is 0 Å². The van der Waals surface area contributed by atoms with Gasteiger partial charge in [-0.15, -0.1) is 10.2 Å². The highest BCUT2D eigenvalue weighted by Crippen LogP contribution is 2.28. The maximum Gasteiger partial charge on any atom is 0.306 e. The molecule has 0 fully saturated rings. The summed E-state index contributed by atoms with van der Waals surface area (Å²) in [6.07, 6.45) is 1.48. The van der Waals surface area contributed by atoms with Crippen LogP contribution in [0, 0.1) is 5.92 Å². The summed E-state index contributed by atoms with van der Waals surface area (Å²) in [5.74, 6) is -0.980. The fourth-order valence-electron chi connectivity index (χ4n) is 4.85. The minimum absolute atomic E-state index is 0.162. The van der Waals surface area contributed by atoms with Crippen molar-refractivity contribution in [3.63, 3.8) is 0 Å². The third-order valence-corrected chi connectivity index (χ3v) is 10.2. The van der Waals surface area contributed by atoms with E-state index in [-0.39, 0.29) is 10.8 Å². The van der Waals surface area contributed by atoms with Gasteiger partial charge in [0, 0.05) is 7.05 Å². The lowest BCUT2D eigenvalue weighted by atomic mass is 9.87. The number of thiazole rings is 2. The molecule has 12 heteroatoms. The van der Waals surface area contributed by atoms with Gasteiger partial charge in [-0.25, -0.2) is 0 Å². The maximum atomic E-state index is 11.6. The Balaban J connectivity index is 1.51. The smallest absolute Gasteiger partial charge is 0.306 e. The molecule has 0 amide bonds. The Labute approximate surface area is 245 Å². The van der Waals surface area contributed by atoms with Gasteiger partial charge in [-0.1, -0.05) is 72.9 Å². The molecule has 0 spiro atoms. The number of hydrogen-bond acceptors (Lipinski definition) is 7. The van der Waals surface area contributed by atoms with Crippen molar-refractivity contribution in [3.8, 4) is 0 Å². The topological polar surface area (TPSA) is 126 Å². The highest BCUT2D eigenvalue weighted by atomic mass is 32.2. The number of carboxylic acid groups (broad SMARTS) is 1. The zero-order valence-electron chi connectivity index (χ0n) is 22.8. The van der Waals surface area contributed by atoms with Crippen molar-refractivity contribution >= 4 is 59.2 Å². The average Bonchev–Trinajstić information content (AvgIpc) is 3.46. The first-order chi connectivity index (χ1) is 19.5. The molecule has 0 aliphatic carbocycles. The van der Waals surface area contributed by atoms with Gasteiger partial charge < -0.3 is 14.2 Å². The first-order valence-electron chi connectivity index (χ1n) is 13.1. The van der Waals surface area contributed by atoms with Gasteiger partial charge in [0.15, 0.2) is 0 Å². The molecule has 0 saturated heterocycles. The number of carbonyl (C=O) groups is 1. The second kappa shape index (κ2) is 11.7. The predicted octanol–water partition coefficient (Wildman–Crippen LogP) is 5.57. The fraction of sp³-hybridized carbons (Fsp3) is 0.276. The lowest BCUT2D eigenvalue weighted by Gasteiger charge is -2.18. The number of hydrogen-bond donors (Lipinski definition) is 2. The molecule has 0 aliphatic heterocycles. The lowest BCUT2D eigenvalue weighted by Crippen LogP contribution is -2.17. The summed E-state index contributed by atoms with van der Waals surface area (Å²) in [5.41, 5.74) is 4.04. The third-order valence-electron chi connectivity index (χ3n) is 7.23. The Kier molecular flexibility index (Phi) is 8.28. The van der Waals surface area contributed by atoms with Crippen LogP contribution < -0.4 is 9.60 Å². The fourth-order valence-corrected chi connectivity index (χ4v) is 7.42. The largest absolute Gasteiger partial charge is 0.481 e. The molecule has 2 N–H and O–H groups in total. The quantitative estimate of drug-likeness (QED) is 0.167. The van der Waals surface area contributed by atoms with E-state index < -0.39 is 22.0 Å². The van der Waals surface area contributed by atoms with Crippen LogP contribution >= 0.6 is 22.7 Å². The van der Waals surface area contributed by atoms with E-state index in [2.05, 4.69) is 52.0 Å². The molecule has 41 heavy (non-hydrogen) atoms. The van der Waals surface area contributed by atoms with E-state index in [4.69, 9.17) is 0 Å². The van der Waals surface area contributed by atoms with Crippen LogP contribution in [0.4, 0.5) is 0 Å². The van der Waals surface area contributed by atoms with Crippen LogP contribution in [-0.2, 0) is 28.5 Å². The summed E-state index contributed by atoms with van der Waals surface area (Å²) in [7, 11) is -2.47. The Bertz CT molecular complexity index is 1980. The molecule has 3 aromatic carbocycles. The van der Waals surface area contributed by atoms with Crippen molar-refractivity contribution in [2.75, 3.05) is 0 Å². The Hall–Kier alpha value is -3.58. The standard InChI is InChI=1S/C29H30N4O5S3/c1-4-20(15-18(2)27(34)35)21-11-9-19(10-12-21)17-33-24-7-5-6-8-25(24)39-29(33)31-30-28-32(3)23-14-13-22(41(36,37)38)16-26(23)40-28/h5-14,16,18,20H,4,15,17H2,1-3H3,(H,34,35)(H,36,37,38). The van der Waals surface area contributed by atoms with E-state index in [0.29, 0.717) is 27.3 Å². The Morgan fingerprint density at radius 1 is 0.951 bits per heavy atom. The van der Waals surface area contributed by atoms with E-state index in [1.165, 1.54) is 34.8 Å². The molecule has 2 heterocycles. The SMILES string of the molecule is CCC(CC(C)C(=O)O)c1ccc(Cn2c(=NN=c3sc4cc(S(=O)(=O)O)ccc4n3C)sc3ccccc32)cc1. The first-order valence-corrected chi connectivity index (χ1v) is 16.2. The highest BCUT2D eigenvalue weighted by Gasteiger charge is 2.19. The van der Waals surface area contributed by atoms with Crippen LogP contribution in [-0.4, -0.2) is 33.2 Å². The zero-order chi connectivity index (χ0) is 29.3. The van der Waals surface area contributed by atoms with Crippen LogP contribution in [0.25, 0.3) is 20.4 Å². The van der Waals surface area contributed by atoms with E-state index in [1.807, 2.05) is 29.8 Å². The summed E-state index contributed by atoms with van der Waals surface area (Å²) in [6.45, 7) is 4.42. The van der Waals surface area contributed by atoms with Crippen molar-refractivity contribution in [2.24, 2.45) is 23.2 Å². The summed E-state index contributed by atoms with van der Waals surface area (Å²) in [5, 5.41) is 18.5. The van der Waals surface area contributed by atoms with Crippen LogP contribution in [0.15, 0.2) is 81.8 Å². The molecule has 0 aliphatic rings. The molecule has 2 aromatic heterocycles. The van der Waals surface area contributed by atoms with Crippen LogP contribution in [0.3, 0.4) is 0 Å². The molecule has 0 bridgehead atoms. The van der Waals surface area contributed by atoms with E-state index in [9.17, 15) is 22.9 Å². The van der Waals surface area contributed by atoms with E-state index in [0.717, 1.165) is 33.3 Å². The summed E-state index contributed by atoms with van der Waals surface area (Å²) < 4.78 is 38.3. The van der Waals surface area contributed by atoms with Crippen LogP contribution in [0.1, 0.15) is 43.7 Å². The normalized spacial score (nSPS) is 14.6. The molecular formula is C29H30N4O5S3. The molecule has 0 radical (unpaired) electrons. The molecule has 9 nitrogen and oxygen atoms in total. The number of aryl methyl sites for hydroxylation is 1. The minimum atomic E-state index is -4.30. The Morgan fingerprint density at radius 2 is 1.63 bits per heavy atom. The number of para-hydroxylation sites is 1. The van der Waals surface area contributed by atoms with Crippen molar-refractivity contribution in [1.29, 1.82) is 0 Å². The van der Waals surface area contributed by atoms with Gasteiger partial charge >= 0.3 is 5.97 Å². The molecule has 0 saturated carbocycles. The van der Waals surface area contributed by atoms with E-state index in [1.54, 1.807) is 13.0 Å². The summed E-state index contributed by atoms with van der Waals surface area (Å²) in [6, 6.07) is 20.9. The summed E-state index contributed by atoms with van der Waals surface area (Å²) >= 11 is 2.82. The number of aliphatic carboxylic acids is 1. The number of fused-ring (bicyclic) bond motifs is 2. The van der Waals surface area contributed by atoms with Crippen molar-refractivity contribution in [1.82, 2.24) is 9.13 Å². The maximum absolute atomic E-state index is 11.6. The number of aromatic nitrogens is 2. The molecule has 5 rings (SSSR count). The second-order valence-corrected chi connectivity index (χ2v) is 13.4. The van der Waals surface area contributed by atoms with Crippen molar-refractivity contribution < 1.29 is 22.9 Å². The molecular weight excluding hydrogens is 581 g/mol. The van der Waals surface area contributed by atoms with Crippen LogP contribution in [0.5, 0.6) is 0 Å². The molecule has 2 unspecified atom stereocenters. The first kappa shape index (κ1) is 28.9. The molecule has 5 aromatic rings. The van der Waals surface area contributed by atoms with Gasteiger partial charge in [-0.05, 0) is 60.2 Å². The van der Waals surface area contributed by atoms with Crippen molar-refractivity contribution in [3.05, 3.63) is 87.5 Å². The summed E-state index contributed by atoms with van der Waals surface area (Å²) in [4.78, 5) is 12.5. The average molecular weight is 611 g/mol. The van der Waals surface area contributed by atoms with Crippen LogP contribution in [0.2, 0.25) is 0 Å². The lowest BCUT2D eigenvalue weighted by molar-refractivity contribution is -0.141. The second-order valence-electron chi connectivity index (χ2n) is 10.0. The number of carboxylic acids is 1. The van der Waals surface area contributed by atoms with Crippen molar-refractivity contribution in [2.45, 2.75) is 44.0 Å². The number of nitrogens with zero attached hydrogens (tertiary/aromatic N) is 4. The van der Waals surface area contributed by atoms with Gasteiger partial charge in [0.25, 0.3) is 10.1 Å². The van der Waals surface area contributed by atoms with Gasteiger partial charge in [-0.3, -0.25) is 9.35 Å². The number of rotatable bonds is 9.